The van der Waals surface area contributed by atoms with Gasteiger partial charge >= 0.3 is 12.1 Å². The summed E-state index contributed by atoms with van der Waals surface area (Å²) in [6, 6.07) is 26.1. The molecule has 3 aromatic rings. The van der Waals surface area contributed by atoms with Crippen LogP contribution in [-0.4, -0.2) is 17.2 Å². The molecule has 0 saturated heterocycles. The van der Waals surface area contributed by atoms with Crippen molar-refractivity contribution in [2.75, 3.05) is 0 Å². The number of ether oxygens (including phenoxy) is 1. The second-order valence-electron chi connectivity index (χ2n) is 7.11. The molecule has 0 aliphatic heterocycles. The van der Waals surface area contributed by atoms with E-state index in [0.717, 1.165) is 16.7 Å². The van der Waals surface area contributed by atoms with Crippen molar-refractivity contribution in [1.82, 2.24) is 5.32 Å². The van der Waals surface area contributed by atoms with E-state index in [1.807, 2.05) is 84.9 Å². The van der Waals surface area contributed by atoms with Crippen molar-refractivity contribution in [3.63, 3.8) is 0 Å². The van der Waals surface area contributed by atoms with Gasteiger partial charge in [0.05, 0.1) is 5.92 Å². The van der Waals surface area contributed by atoms with Crippen LogP contribution in [0.3, 0.4) is 0 Å². The van der Waals surface area contributed by atoms with E-state index in [4.69, 9.17) is 4.74 Å². The Kier molecular flexibility index (Phi) is 5.04. The molecule has 0 fully saturated rings. The third kappa shape index (κ3) is 3.47. The molecule has 5 nitrogen and oxygen atoms in total. The molecule has 1 aliphatic rings. The predicted octanol–water partition coefficient (Wildman–Crippen LogP) is 4.11. The van der Waals surface area contributed by atoms with Crippen LogP contribution in [0.5, 0.6) is 0 Å². The van der Waals surface area contributed by atoms with Crippen LogP contribution in [-0.2, 0) is 28.1 Å². The first-order chi connectivity index (χ1) is 14.1. The lowest BCUT2D eigenvalue weighted by molar-refractivity contribution is -0.143. The summed E-state index contributed by atoms with van der Waals surface area (Å²) in [6.45, 7) is 0.108. The number of amides is 1. The third-order valence-corrected chi connectivity index (χ3v) is 5.43. The summed E-state index contributed by atoms with van der Waals surface area (Å²) in [7, 11) is 0. The molecule has 2 N–H and O–H groups in total. The summed E-state index contributed by atoms with van der Waals surface area (Å²) in [5.41, 5.74) is 2.08. The van der Waals surface area contributed by atoms with Gasteiger partial charge in [-0.15, -0.1) is 0 Å². The molecule has 0 unspecified atom stereocenters. The van der Waals surface area contributed by atoms with E-state index < -0.39 is 23.5 Å². The van der Waals surface area contributed by atoms with E-state index in [-0.39, 0.29) is 6.61 Å². The first-order valence-corrected chi connectivity index (χ1v) is 9.47. The molecule has 3 aromatic carbocycles. The first-order valence-electron chi connectivity index (χ1n) is 9.47. The highest BCUT2D eigenvalue weighted by Gasteiger charge is 2.53. The molecular weight excluding hydrogens is 366 g/mol. The molecule has 0 radical (unpaired) electrons. The van der Waals surface area contributed by atoms with Gasteiger partial charge in [0.25, 0.3) is 0 Å². The normalized spacial score (nSPS) is 19.9. The monoisotopic (exact) mass is 387 g/mol. The maximum Gasteiger partial charge on any atom is 0.408 e. The van der Waals surface area contributed by atoms with Crippen molar-refractivity contribution in [3.05, 3.63) is 107 Å². The highest BCUT2D eigenvalue weighted by Crippen LogP contribution is 2.46. The van der Waals surface area contributed by atoms with Crippen molar-refractivity contribution in [2.24, 2.45) is 5.92 Å². The van der Waals surface area contributed by atoms with Crippen molar-refractivity contribution in [1.29, 1.82) is 0 Å². The van der Waals surface area contributed by atoms with Crippen molar-refractivity contribution < 1.29 is 19.4 Å². The predicted molar refractivity (Wildman–Crippen MR) is 108 cm³/mol. The fourth-order valence-corrected chi connectivity index (χ4v) is 4.12. The Balaban J connectivity index is 1.72. The molecule has 1 aliphatic carbocycles. The quantitative estimate of drug-likeness (QED) is 0.691. The minimum atomic E-state index is -1.20. The third-order valence-electron chi connectivity index (χ3n) is 5.43. The van der Waals surface area contributed by atoms with Crippen molar-refractivity contribution >= 4 is 12.1 Å². The Hall–Kier alpha value is -3.60. The lowest BCUT2D eigenvalue weighted by atomic mass is 9.77. The van der Waals surface area contributed by atoms with Crippen LogP contribution in [0.1, 0.15) is 22.3 Å². The molecule has 0 aromatic heterocycles. The fourth-order valence-electron chi connectivity index (χ4n) is 4.12. The van der Waals surface area contributed by atoms with E-state index >= 15 is 0 Å². The van der Waals surface area contributed by atoms with E-state index in [9.17, 15) is 14.7 Å². The molecule has 0 saturated carbocycles. The molecule has 0 bridgehead atoms. The molecule has 5 heteroatoms. The summed E-state index contributed by atoms with van der Waals surface area (Å²) in [5, 5.41) is 12.9. The van der Waals surface area contributed by atoms with Gasteiger partial charge in [-0.1, -0.05) is 84.9 Å². The van der Waals surface area contributed by atoms with E-state index in [0.29, 0.717) is 12.0 Å². The number of hydrogen-bond donors (Lipinski definition) is 2. The number of aliphatic carboxylic acids is 1. The molecular formula is C24H21NO4. The number of carbonyl (C=O) groups excluding carboxylic acids is 1. The van der Waals surface area contributed by atoms with Crippen molar-refractivity contribution in [3.8, 4) is 0 Å². The molecule has 0 heterocycles. The summed E-state index contributed by atoms with van der Waals surface area (Å²) >= 11 is 0. The number of carbonyl (C=O) groups is 2. The molecule has 4 rings (SSSR count). The van der Waals surface area contributed by atoms with Gasteiger partial charge in [0.2, 0.25) is 0 Å². The molecule has 146 valence electrons. The zero-order valence-corrected chi connectivity index (χ0v) is 15.7. The second kappa shape index (κ2) is 7.80. The number of rotatable bonds is 5. The van der Waals surface area contributed by atoms with Crippen LogP contribution >= 0.6 is 0 Å². The highest BCUT2D eigenvalue weighted by molar-refractivity contribution is 5.80. The van der Waals surface area contributed by atoms with Gasteiger partial charge in [-0.25, -0.2) is 4.79 Å². The number of nitrogens with one attached hydrogen (secondary N) is 1. The van der Waals surface area contributed by atoms with Crippen LogP contribution in [0, 0.1) is 5.92 Å². The van der Waals surface area contributed by atoms with E-state index in [2.05, 4.69) is 5.32 Å². The van der Waals surface area contributed by atoms with Crippen LogP contribution in [0.25, 0.3) is 0 Å². The van der Waals surface area contributed by atoms with Gasteiger partial charge < -0.3 is 15.2 Å². The maximum atomic E-state index is 12.8. The van der Waals surface area contributed by atoms with Gasteiger partial charge in [0.1, 0.15) is 12.1 Å². The number of alkyl carbamates (subject to hydrolysis) is 1. The second-order valence-corrected chi connectivity index (χ2v) is 7.11. The molecule has 0 spiro atoms. The Morgan fingerprint density at radius 2 is 1.55 bits per heavy atom. The van der Waals surface area contributed by atoms with Crippen LogP contribution in [0.4, 0.5) is 4.79 Å². The molecule has 2 atom stereocenters. The van der Waals surface area contributed by atoms with Gasteiger partial charge in [0.15, 0.2) is 0 Å². The Morgan fingerprint density at radius 3 is 2.24 bits per heavy atom. The summed E-state index contributed by atoms with van der Waals surface area (Å²) in [5.74, 6) is -1.81. The number of carboxylic acids is 1. The van der Waals surface area contributed by atoms with E-state index in [1.165, 1.54) is 0 Å². The van der Waals surface area contributed by atoms with Gasteiger partial charge in [-0.2, -0.15) is 0 Å². The number of fused-ring (bicyclic) bond motifs is 1. The lowest BCUT2D eigenvalue weighted by Gasteiger charge is -2.35. The SMILES string of the molecule is O=C(N[C@@]1(c2ccccc2)c2ccccc2C[C@H]1C(=O)O)OCc1ccccc1. The number of carboxylic acid groups (broad SMARTS) is 1. The van der Waals surface area contributed by atoms with Crippen LogP contribution < -0.4 is 5.32 Å². The summed E-state index contributed by atoms with van der Waals surface area (Å²) in [4.78, 5) is 25.0. The van der Waals surface area contributed by atoms with Gasteiger partial charge in [-0.3, -0.25) is 4.79 Å². The number of hydrogen-bond acceptors (Lipinski definition) is 3. The van der Waals surface area contributed by atoms with Gasteiger partial charge in [-0.05, 0) is 28.7 Å². The van der Waals surface area contributed by atoms with Crippen LogP contribution in [0.15, 0.2) is 84.9 Å². The average molecular weight is 387 g/mol. The minimum absolute atomic E-state index is 0.108. The standard InChI is InChI=1S/C24H21NO4/c26-22(27)21-15-18-11-7-8-14-20(18)24(21,19-12-5-2-6-13-19)25-23(28)29-16-17-9-3-1-4-10-17/h1-14,21H,15-16H2,(H,25,28)(H,26,27)/t21-,24-/m0/s1. The molecule has 29 heavy (non-hydrogen) atoms. The Labute approximate surface area is 169 Å². The smallest absolute Gasteiger partial charge is 0.408 e. The van der Waals surface area contributed by atoms with Crippen LogP contribution in [0.2, 0.25) is 0 Å². The number of benzene rings is 3. The first kappa shape index (κ1) is 18.7. The Bertz CT molecular complexity index is 1020. The maximum absolute atomic E-state index is 12.8. The fraction of sp³-hybridized carbons (Fsp3) is 0.167. The average Bonchev–Trinajstić information content (AvgIpc) is 3.09. The Morgan fingerprint density at radius 1 is 0.931 bits per heavy atom. The minimum Gasteiger partial charge on any atom is -0.481 e. The van der Waals surface area contributed by atoms with Crippen molar-refractivity contribution in [2.45, 2.75) is 18.6 Å². The van der Waals surface area contributed by atoms with E-state index in [1.54, 1.807) is 0 Å². The van der Waals surface area contributed by atoms with Gasteiger partial charge in [0, 0.05) is 0 Å². The zero-order chi connectivity index (χ0) is 20.3. The zero-order valence-electron chi connectivity index (χ0n) is 15.7. The summed E-state index contributed by atoms with van der Waals surface area (Å²) < 4.78 is 5.44. The molecule has 1 amide bonds. The topological polar surface area (TPSA) is 75.6 Å². The summed E-state index contributed by atoms with van der Waals surface area (Å²) in [6.07, 6.45) is -0.319. The largest absolute Gasteiger partial charge is 0.481 e. The lowest BCUT2D eigenvalue weighted by Crippen LogP contribution is -2.52. The highest BCUT2D eigenvalue weighted by atomic mass is 16.5.